The highest BCUT2D eigenvalue weighted by molar-refractivity contribution is 5.91. The molecular formula is C16H16N2O3. The van der Waals surface area contributed by atoms with E-state index in [-0.39, 0.29) is 5.91 Å². The summed E-state index contributed by atoms with van der Waals surface area (Å²) >= 11 is 0. The van der Waals surface area contributed by atoms with Crippen LogP contribution in [0.1, 0.15) is 16.1 Å². The summed E-state index contributed by atoms with van der Waals surface area (Å²) in [7, 11) is 1.63. The number of aromatic amines is 1. The Labute approximate surface area is 121 Å². The van der Waals surface area contributed by atoms with Crippen LogP contribution in [-0.4, -0.2) is 24.5 Å². The van der Waals surface area contributed by atoms with Gasteiger partial charge in [-0.1, -0.05) is 18.2 Å². The van der Waals surface area contributed by atoms with Crippen LogP contribution in [0.5, 0.6) is 5.88 Å². The fourth-order valence-corrected chi connectivity index (χ4v) is 2.39. The van der Waals surface area contributed by atoms with Crippen molar-refractivity contribution in [2.24, 2.45) is 0 Å². The number of nitrogens with one attached hydrogen (secondary N) is 2. The summed E-state index contributed by atoms with van der Waals surface area (Å²) in [6, 6.07) is 11.3. The van der Waals surface area contributed by atoms with Crippen LogP contribution in [0.3, 0.4) is 0 Å². The van der Waals surface area contributed by atoms with Gasteiger partial charge in [-0.15, -0.1) is 0 Å². The highest BCUT2D eigenvalue weighted by Crippen LogP contribution is 2.27. The molecule has 2 N–H and O–H groups in total. The summed E-state index contributed by atoms with van der Waals surface area (Å²) in [5.74, 6) is 0.850. The maximum absolute atomic E-state index is 11.8. The van der Waals surface area contributed by atoms with Crippen molar-refractivity contribution in [1.29, 1.82) is 0 Å². The van der Waals surface area contributed by atoms with Crippen LogP contribution in [0.2, 0.25) is 0 Å². The number of H-pyrrole nitrogens is 1. The molecule has 2 aromatic heterocycles. The molecule has 0 aliphatic carbocycles. The minimum absolute atomic E-state index is 0.209. The molecule has 1 amide bonds. The lowest BCUT2D eigenvalue weighted by Gasteiger charge is -2.05. The van der Waals surface area contributed by atoms with E-state index >= 15 is 0 Å². The first-order valence-corrected chi connectivity index (χ1v) is 6.75. The van der Waals surface area contributed by atoms with Gasteiger partial charge in [-0.2, -0.15) is 0 Å². The molecular weight excluding hydrogens is 268 g/mol. The normalized spacial score (nSPS) is 10.7. The molecule has 0 radical (unpaired) electrons. The standard InChI is InChI=1S/C16H16N2O3/c1-20-16-12(11-5-2-3-6-13(11)18-16)8-9-17-15(19)14-7-4-10-21-14/h2-7,10,18H,8-9H2,1H3,(H,17,19). The number of hydrogen-bond donors (Lipinski definition) is 2. The van der Waals surface area contributed by atoms with Crippen molar-refractivity contribution in [3.05, 3.63) is 54.0 Å². The molecule has 0 saturated heterocycles. The Kier molecular flexibility index (Phi) is 3.64. The third-order valence-corrected chi connectivity index (χ3v) is 3.38. The number of para-hydroxylation sites is 1. The second-order valence-electron chi connectivity index (χ2n) is 4.67. The van der Waals surface area contributed by atoms with Crippen LogP contribution < -0.4 is 10.1 Å². The molecule has 1 aromatic carbocycles. The van der Waals surface area contributed by atoms with Crippen molar-refractivity contribution < 1.29 is 13.9 Å². The number of carbonyl (C=O) groups is 1. The number of benzene rings is 1. The van der Waals surface area contributed by atoms with Gasteiger partial charge in [0.2, 0.25) is 0 Å². The number of amides is 1. The summed E-state index contributed by atoms with van der Waals surface area (Å²) in [5.41, 5.74) is 2.09. The second kappa shape index (κ2) is 5.75. The quantitative estimate of drug-likeness (QED) is 0.757. The van der Waals surface area contributed by atoms with Crippen molar-refractivity contribution in [3.8, 4) is 5.88 Å². The first-order valence-electron chi connectivity index (χ1n) is 6.75. The maximum Gasteiger partial charge on any atom is 0.286 e. The Hall–Kier alpha value is -2.69. The van der Waals surface area contributed by atoms with Crippen molar-refractivity contribution in [3.63, 3.8) is 0 Å². The van der Waals surface area contributed by atoms with Crippen molar-refractivity contribution >= 4 is 16.8 Å². The van der Waals surface area contributed by atoms with E-state index in [2.05, 4.69) is 10.3 Å². The van der Waals surface area contributed by atoms with E-state index in [4.69, 9.17) is 9.15 Å². The summed E-state index contributed by atoms with van der Waals surface area (Å²) < 4.78 is 10.4. The van der Waals surface area contributed by atoms with Gasteiger partial charge >= 0.3 is 0 Å². The Morgan fingerprint density at radius 2 is 2.14 bits per heavy atom. The van der Waals surface area contributed by atoms with Crippen LogP contribution in [-0.2, 0) is 6.42 Å². The van der Waals surface area contributed by atoms with Crippen LogP contribution in [0.4, 0.5) is 0 Å². The number of rotatable bonds is 5. The summed E-state index contributed by atoms with van der Waals surface area (Å²) in [5, 5.41) is 3.95. The lowest BCUT2D eigenvalue weighted by atomic mass is 10.1. The van der Waals surface area contributed by atoms with E-state index in [1.54, 1.807) is 19.2 Å². The lowest BCUT2D eigenvalue weighted by Crippen LogP contribution is -2.25. The predicted octanol–water partition coefficient (Wildman–Crippen LogP) is 2.74. The molecule has 0 spiro atoms. The maximum atomic E-state index is 11.8. The molecule has 5 nitrogen and oxygen atoms in total. The first kappa shape index (κ1) is 13.3. The molecule has 0 bridgehead atoms. The number of fused-ring (bicyclic) bond motifs is 1. The average molecular weight is 284 g/mol. The van der Waals surface area contributed by atoms with Gasteiger partial charge in [0.05, 0.1) is 13.4 Å². The smallest absolute Gasteiger partial charge is 0.286 e. The molecule has 0 fully saturated rings. The lowest BCUT2D eigenvalue weighted by molar-refractivity contribution is 0.0926. The topological polar surface area (TPSA) is 67.3 Å². The molecule has 108 valence electrons. The Morgan fingerprint density at radius 3 is 2.90 bits per heavy atom. The second-order valence-corrected chi connectivity index (χ2v) is 4.67. The third kappa shape index (κ3) is 2.63. The van der Waals surface area contributed by atoms with Crippen LogP contribution in [0.15, 0.2) is 47.1 Å². The Balaban J connectivity index is 1.72. The van der Waals surface area contributed by atoms with E-state index in [1.807, 2.05) is 24.3 Å². The van der Waals surface area contributed by atoms with Crippen LogP contribution in [0, 0.1) is 0 Å². The molecule has 3 aromatic rings. The minimum atomic E-state index is -0.209. The third-order valence-electron chi connectivity index (χ3n) is 3.38. The van der Waals surface area contributed by atoms with Crippen molar-refractivity contribution in [1.82, 2.24) is 10.3 Å². The zero-order chi connectivity index (χ0) is 14.7. The highest BCUT2D eigenvalue weighted by atomic mass is 16.5. The van der Waals surface area contributed by atoms with Crippen molar-refractivity contribution in [2.75, 3.05) is 13.7 Å². The summed E-state index contributed by atoms with van der Waals surface area (Å²) in [6.07, 6.45) is 2.16. The summed E-state index contributed by atoms with van der Waals surface area (Å²) in [4.78, 5) is 15.0. The van der Waals surface area contributed by atoms with Gasteiger partial charge in [-0.05, 0) is 24.6 Å². The van der Waals surface area contributed by atoms with Gasteiger partial charge in [0.1, 0.15) is 0 Å². The molecule has 0 saturated carbocycles. The van der Waals surface area contributed by atoms with Gasteiger partial charge in [-0.25, -0.2) is 0 Å². The number of aromatic nitrogens is 1. The van der Waals surface area contributed by atoms with Gasteiger partial charge in [0, 0.05) is 23.0 Å². The average Bonchev–Trinajstić information content (AvgIpc) is 3.14. The van der Waals surface area contributed by atoms with E-state index in [0.717, 1.165) is 22.3 Å². The first-order chi connectivity index (χ1) is 10.3. The Morgan fingerprint density at radius 1 is 1.29 bits per heavy atom. The fourth-order valence-electron chi connectivity index (χ4n) is 2.39. The molecule has 5 heteroatoms. The number of ether oxygens (including phenoxy) is 1. The monoisotopic (exact) mass is 284 g/mol. The van der Waals surface area contributed by atoms with Gasteiger partial charge in [0.25, 0.3) is 5.91 Å². The van der Waals surface area contributed by atoms with E-state index in [1.165, 1.54) is 6.26 Å². The predicted molar refractivity (Wildman–Crippen MR) is 79.6 cm³/mol. The SMILES string of the molecule is COc1[nH]c2ccccc2c1CCNC(=O)c1ccco1. The number of methoxy groups -OCH3 is 1. The largest absolute Gasteiger partial charge is 0.482 e. The van der Waals surface area contributed by atoms with E-state index in [0.29, 0.717) is 18.7 Å². The molecule has 0 aliphatic heterocycles. The molecule has 0 atom stereocenters. The molecule has 21 heavy (non-hydrogen) atoms. The zero-order valence-electron chi connectivity index (χ0n) is 11.7. The van der Waals surface area contributed by atoms with Crippen molar-refractivity contribution in [2.45, 2.75) is 6.42 Å². The minimum Gasteiger partial charge on any atom is -0.482 e. The number of hydrogen-bond acceptors (Lipinski definition) is 3. The van der Waals surface area contributed by atoms with E-state index in [9.17, 15) is 4.79 Å². The molecule has 0 unspecified atom stereocenters. The fraction of sp³-hybridized carbons (Fsp3) is 0.188. The summed E-state index contributed by atoms with van der Waals surface area (Å²) in [6.45, 7) is 0.512. The molecule has 3 rings (SSSR count). The zero-order valence-corrected chi connectivity index (χ0v) is 11.7. The Bertz CT molecular complexity index is 744. The van der Waals surface area contributed by atoms with Gasteiger partial charge in [-0.3, -0.25) is 4.79 Å². The molecule has 0 aliphatic rings. The number of furan rings is 1. The number of carbonyl (C=O) groups excluding carboxylic acids is 1. The highest BCUT2D eigenvalue weighted by Gasteiger charge is 2.13. The molecule has 2 heterocycles. The van der Waals surface area contributed by atoms with E-state index < -0.39 is 0 Å². The van der Waals surface area contributed by atoms with Gasteiger partial charge < -0.3 is 19.5 Å². The van der Waals surface area contributed by atoms with Crippen LogP contribution in [0.25, 0.3) is 10.9 Å². The van der Waals surface area contributed by atoms with Gasteiger partial charge in [0.15, 0.2) is 11.6 Å². The van der Waals surface area contributed by atoms with Crippen LogP contribution >= 0.6 is 0 Å².